The molecule has 0 aromatic carbocycles. The Kier molecular flexibility index (Phi) is 6.43. The first-order valence-corrected chi connectivity index (χ1v) is 7.22. The van der Waals surface area contributed by atoms with E-state index in [-0.39, 0.29) is 12.0 Å². The molecule has 0 saturated heterocycles. The van der Waals surface area contributed by atoms with E-state index in [1.165, 1.54) is 0 Å². The number of aromatic nitrogens is 1. The number of aliphatic hydroxyl groups is 1. The van der Waals surface area contributed by atoms with Gasteiger partial charge in [0.05, 0.1) is 12.8 Å². The lowest BCUT2D eigenvalue weighted by molar-refractivity contribution is 0.236. The summed E-state index contributed by atoms with van der Waals surface area (Å²) >= 11 is 0. The van der Waals surface area contributed by atoms with E-state index in [1.54, 1.807) is 7.11 Å². The molecule has 0 unspecified atom stereocenters. The standard InChI is InChI=1S/C16H28N2O2/c1-12-9-18-14(13(2)15(12)20-5)10-17-11-16(3,4)7-6-8-19/h9,17,19H,6-8,10-11H2,1-5H3. The van der Waals surface area contributed by atoms with Crippen molar-refractivity contribution in [2.75, 3.05) is 20.3 Å². The number of hydrogen-bond acceptors (Lipinski definition) is 4. The summed E-state index contributed by atoms with van der Waals surface area (Å²) in [5, 5.41) is 12.4. The smallest absolute Gasteiger partial charge is 0.128 e. The van der Waals surface area contributed by atoms with Gasteiger partial charge >= 0.3 is 0 Å². The molecule has 0 bridgehead atoms. The Hall–Kier alpha value is -1.13. The summed E-state index contributed by atoms with van der Waals surface area (Å²) < 4.78 is 5.42. The maximum atomic E-state index is 8.91. The van der Waals surface area contributed by atoms with Crippen molar-refractivity contribution in [1.82, 2.24) is 10.3 Å². The Bertz CT molecular complexity index is 431. The Morgan fingerprint density at radius 3 is 2.65 bits per heavy atom. The van der Waals surface area contributed by atoms with Crippen LogP contribution in [0.25, 0.3) is 0 Å². The quantitative estimate of drug-likeness (QED) is 0.768. The molecule has 0 atom stereocenters. The highest BCUT2D eigenvalue weighted by Crippen LogP contribution is 2.24. The van der Waals surface area contributed by atoms with Crippen molar-refractivity contribution in [2.45, 2.75) is 47.1 Å². The van der Waals surface area contributed by atoms with E-state index in [2.05, 4.69) is 24.1 Å². The average molecular weight is 280 g/mol. The van der Waals surface area contributed by atoms with Crippen LogP contribution in [0.15, 0.2) is 6.20 Å². The van der Waals surface area contributed by atoms with Crippen LogP contribution >= 0.6 is 0 Å². The van der Waals surface area contributed by atoms with Crippen molar-refractivity contribution in [3.05, 3.63) is 23.0 Å². The minimum atomic E-state index is 0.186. The molecule has 0 amide bonds. The van der Waals surface area contributed by atoms with Crippen LogP contribution in [-0.4, -0.2) is 30.4 Å². The number of aryl methyl sites for hydroxylation is 1. The van der Waals surface area contributed by atoms with Crippen molar-refractivity contribution in [3.63, 3.8) is 0 Å². The van der Waals surface area contributed by atoms with Gasteiger partial charge in [-0.25, -0.2) is 0 Å². The predicted molar refractivity (Wildman–Crippen MR) is 82.1 cm³/mol. The maximum Gasteiger partial charge on any atom is 0.128 e. The average Bonchev–Trinajstić information content (AvgIpc) is 2.40. The number of nitrogens with one attached hydrogen (secondary N) is 1. The van der Waals surface area contributed by atoms with Gasteiger partial charge in [-0.1, -0.05) is 13.8 Å². The predicted octanol–water partition coefficient (Wildman–Crippen LogP) is 2.60. The Morgan fingerprint density at radius 1 is 1.35 bits per heavy atom. The number of methoxy groups -OCH3 is 1. The number of hydrogen-bond donors (Lipinski definition) is 2. The van der Waals surface area contributed by atoms with Crippen LogP contribution in [0, 0.1) is 19.3 Å². The lowest BCUT2D eigenvalue weighted by atomic mass is 9.88. The first kappa shape index (κ1) is 16.9. The number of ether oxygens (including phenoxy) is 1. The molecule has 4 nitrogen and oxygen atoms in total. The monoisotopic (exact) mass is 280 g/mol. The van der Waals surface area contributed by atoms with Gasteiger partial charge < -0.3 is 15.2 Å². The molecule has 0 aliphatic rings. The zero-order valence-corrected chi connectivity index (χ0v) is 13.4. The van der Waals surface area contributed by atoms with Crippen LogP contribution in [0.4, 0.5) is 0 Å². The van der Waals surface area contributed by atoms with Crippen LogP contribution < -0.4 is 10.1 Å². The third-order valence-electron chi connectivity index (χ3n) is 3.66. The molecule has 0 saturated carbocycles. The fourth-order valence-electron chi connectivity index (χ4n) is 2.41. The van der Waals surface area contributed by atoms with Gasteiger partial charge in [0, 0.05) is 37.0 Å². The van der Waals surface area contributed by atoms with Gasteiger partial charge in [-0.15, -0.1) is 0 Å². The van der Waals surface area contributed by atoms with Crippen LogP contribution in [0.2, 0.25) is 0 Å². The molecular weight excluding hydrogens is 252 g/mol. The number of pyridine rings is 1. The number of nitrogens with zero attached hydrogens (tertiary/aromatic N) is 1. The molecule has 0 aliphatic heterocycles. The molecule has 0 aliphatic carbocycles. The van der Waals surface area contributed by atoms with Crippen molar-refractivity contribution in [3.8, 4) is 5.75 Å². The van der Waals surface area contributed by atoms with E-state index in [0.29, 0.717) is 0 Å². The molecule has 4 heteroatoms. The second-order valence-electron chi connectivity index (χ2n) is 6.14. The highest BCUT2D eigenvalue weighted by Gasteiger charge is 2.17. The Balaban J connectivity index is 2.58. The van der Waals surface area contributed by atoms with Crippen LogP contribution in [0.5, 0.6) is 5.75 Å². The molecule has 1 aromatic heterocycles. The highest BCUT2D eigenvalue weighted by atomic mass is 16.5. The van der Waals surface area contributed by atoms with Gasteiger partial charge in [-0.05, 0) is 32.1 Å². The molecule has 20 heavy (non-hydrogen) atoms. The second-order valence-corrected chi connectivity index (χ2v) is 6.14. The lowest BCUT2D eigenvalue weighted by Crippen LogP contribution is -2.29. The van der Waals surface area contributed by atoms with Crippen LogP contribution in [0.1, 0.15) is 43.5 Å². The minimum absolute atomic E-state index is 0.186. The Labute approximate surface area is 122 Å². The van der Waals surface area contributed by atoms with Gasteiger partial charge in [-0.3, -0.25) is 4.98 Å². The fraction of sp³-hybridized carbons (Fsp3) is 0.688. The summed E-state index contributed by atoms with van der Waals surface area (Å²) in [4.78, 5) is 4.49. The first-order valence-electron chi connectivity index (χ1n) is 7.22. The molecular formula is C16H28N2O2. The van der Waals surface area contributed by atoms with Gasteiger partial charge in [0.1, 0.15) is 5.75 Å². The van der Waals surface area contributed by atoms with Crippen molar-refractivity contribution < 1.29 is 9.84 Å². The zero-order valence-electron chi connectivity index (χ0n) is 13.4. The highest BCUT2D eigenvalue weighted by molar-refractivity contribution is 5.40. The third-order valence-corrected chi connectivity index (χ3v) is 3.66. The molecule has 0 radical (unpaired) electrons. The van der Waals surface area contributed by atoms with Crippen molar-refractivity contribution in [1.29, 1.82) is 0 Å². The van der Waals surface area contributed by atoms with E-state index in [9.17, 15) is 0 Å². The second kappa shape index (κ2) is 7.60. The molecule has 1 heterocycles. The fourth-order valence-corrected chi connectivity index (χ4v) is 2.41. The molecule has 114 valence electrons. The summed E-state index contributed by atoms with van der Waals surface area (Å²) in [6, 6.07) is 0. The number of rotatable bonds is 8. The van der Waals surface area contributed by atoms with Crippen molar-refractivity contribution >= 4 is 0 Å². The largest absolute Gasteiger partial charge is 0.496 e. The van der Waals surface area contributed by atoms with Gasteiger partial charge in [0.2, 0.25) is 0 Å². The molecule has 0 fully saturated rings. The van der Waals surface area contributed by atoms with E-state index in [4.69, 9.17) is 9.84 Å². The molecule has 1 aromatic rings. The summed E-state index contributed by atoms with van der Waals surface area (Å²) in [7, 11) is 1.70. The van der Waals surface area contributed by atoms with Crippen molar-refractivity contribution in [2.24, 2.45) is 5.41 Å². The van der Waals surface area contributed by atoms with Gasteiger partial charge in [-0.2, -0.15) is 0 Å². The first-order chi connectivity index (χ1) is 9.41. The van der Waals surface area contributed by atoms with Crippen LogP contribution in [-0.2, 0) is 6.54 Å². The topological polar surface area (TPSA) is 54.4 Å². The maximum absolute atomic E-state index is 8.91. The molecule has 0 spiro atoms. The summed E-state index contributed by atoms with van der Waals surface area (Å²) in [6.45, 7) is 10.4. The SMILES string of the molecule is COc1c(C)cnc(CNCC(C)(C)CCCO)c1C. The summed E-state index contributed by atoms with van der Waals surface area (Å²) in [6.07, 6.45) is 3.73. The zero-order chi connectivity index (χ0) is 15.2. The Morgan fingerprint density at radius 2 is 2.05 bits per heavy atom. The third kappa shape index (κ3) is 4.76. The normalized spacial score (nSPS) is 11.7. The van der Waals surface area contributed by atoms with E-state index < -0.39 is 0 Å². The lowest BCUT2D eigenvalue weighted by Gasteiger charge is -2.25. The van der Waals surface area contributed by atoms with E-state index >= 15 is 0 Å². The van der Waals surface area contributed by atoms with E-state index in [0.717, 1.165) is 48.5 Å². The van der Waals surface area contributed by atoms with Crippen LogP contribution in [0.3, 0.4) is 0 Å². The summed E-state index contributed by atoms with van der Waals surface area (Å²) in [5.41, 5.74) is 3.39. The molecule has 1 rings (SSSR count). The van der Waals surface area contributed by atoms with E-state index in [1.807, 2.05) is 20.0 Å². The molecule has 2 N–H and O–H groups in total. The minimum Gasteiger partial charge on any atom is -0.496 e. The summed E-state index contributed by atoms with van der Waals surface area (Å²) in [5.74, 6) is 0.927. The van der Waals surface area contributed by atoms with Gasteiger partial charge in [0.15, 0.2) is 0 Å². The van der Waals surface area contributed by atoms with Gasteiger partial charge in [0.25, 0.3) is 0 Å². The number of aliphatic hydroxyl groups excluding tert-OH is 1.